The molecule has 1 aromatic rings. The lowest BCUT2D eigenvalue weighted by Crippen LogP contribution is -2.48. The molecule has 0 aliphatic heterocycles. The number of hydrogen-bond acceptors (Lipinski definition) is 2. The Bertz CT molecular complexity index is 492. The van der Waals surface area contributed by atoms with Gasteiger partial charge in [-0.1, -0.05) is 26.3 Å². The van der Waals surface area contributed by atoms with Gasteiger partial charge in [0.25, 0.3) is 5.91 Å². The van der Waals surface area contributed by atoms with Gasteiger partial charge in [0.1, 0.15) is 6.04 Å². The van der Waals surface area contributed by atoms with E-state index in [0.717, 1.165) is 12.1 Å². The standard InChI is InChI=1S/C13H16F2N2O2/c1-3-7(2)11(12(16)18)17-13(19)8-5-4-6-9(14)10(8)15/h4-7,11H,3H2,1-2H3,(H2,16,18)(H,17,19)/t7-,11-/m1/s1. The van der Waals surface area contributed by atoms with Gasteiger partial charge in [0.15, 0.2) is 11.6 Å². The zero-order valence-electron chi connectivity index (χ0n) is 10.7. The summed E-state index contributed by atoms with van der Waals surface area (Å²) in [6.45, 7) is 3.56. The third kappa shape index (κ3) is 3.49. The van der Waals surface area contributed by atoms with Crippen LogP contribution in [0, 0.1) is 17.6 Å². The second-order valence-electron chi connectivity index (χ2n) is 4.34. The fourth-order valence-electron chi connectivity index (χ4n) is 1.63. The maximum absolute atomic E-state index is 13.4. The molecule has 0 unspecified atom stereocenters. The van der Waals surface area contributed by atoms with Gasteiger partial charge < -0.3 is 11.1 Å². The summed E-state index contributed by atoms with van der Waals surface area (Å²) >= 11 is 0. The van der Waals surface area contributed by atoms with E-state index in [1.807, 2.05) is 6.92 Å². The SMILES string of the molecule is CC[C@@H](C)[C@@H](NC(=O)c1cccc(F)c1F)C(N)=O. The van der Waals surface area contributed by atoms with Crippen LogP contribution in [0.2, 0.25) is 0 Å². The highest BCUT2D eigenvalue weighted by Crippen LogP contribution is 2.13. The van der Waals surface area contributed by atoms with Gasteiger partial charge in [-0.2, -0.15) is 0 Å². The Morgan fingerprint density at radius 3 is 2.53 bits per heavy atom. The van der Waals surface area contributed by atoms with E-state index >= 15 is 0 Å². The molecule has 1 rings (SSSR count). The first-order chi connectivity index (χ1) is 8.88. The van der Waals surface area contributed by atoms with Crippen LogP contribution in [0.3, 0.4) is 0 Å². The van der Waals surface area contributed by atoms with Crippen molar-refractivity contribution >= 4 is 11.8 Å². The molecule has 6 heteroatoms. The molecule has 2 atom stereocenters. The third-order valence-electron chi connectivity index (χ3n) is 3.00. The summed E-state index contributed by atoms with van der Waals surface area (Å²) in [5, 5.41) is 2.33. The van der Waals surface area contributed by atoms with Crippen molar-refractivity contribution in [3.05, 3.63) is 35.4 Å². The van der Waals surface area contributed by atoms with Crippen molar-refractivity contribution in [2.45, 2.75) is 26.3 Å². The summed E-state index contributed by atoms with van der Waals surface area (Å²) < 4.78 is 26.4. The summed E-state index contributed by atoms with van der Waals surface area (Å²) in [4.78, 5) is 23.1. The minimum Gasteiger partial charge on any atom is -0.368 e. The molecular weight excluding hydrogens is 254 g/mol. The quantitative estimate of drug-likeness (QED) is 0.853. The summed E-state index contributed by atoms with van der Waals surface area (Å²) in [6, 6.07) is 2.35. The van der Waals surface area contributed by atoms with Gasteiger partial charge in [-0.15, -0.1) is 0 Å². The van der Waals surface area contributed by atoms with E-state index < -0.39 is 35.1 Å². The Kier molecular flexibility index (Phi) is 4.97. The zero-order valence-corrected chi connectivity index (χ0v) is 10.7. The van der Waals surface area contributed by atoms with Gasteiger partial charge in [0.2, 0.25) is 5.91 Å². The van der Waals surface area contributed by atoms with Crippen molar-refractivity contribution in [2.75, 3.05) is 0 Å². The molecule has 0 aromatic heterocycles. The smallest absolute Gasteiger partial charge is 0.255 e. The number of nitrogens with two attached hydrogens (primary N) is 1. The van der Waals surface area contributed by atoms with E-state index in [1.165, 1.54) is 6.07 Å². The van der Waals surface area contributed by atoms with Gasteiger partial charge in [0.05, 0.1) is 5.56 Å². The first-order valence-corrected chi connectivity index (χ1v) is 5.92. The Labute approximate surface area is 110 Å². The fourth-order valence-corrected chi connectivity index (χ4v) is 1.63. The van der Waals surface area contributed by atoms with Crippen molar-refractivity contribution in [1.82, 2.24) is 5.32 Å². The molecular formula is C13H16F2N2O2. The van der Waals surface area contributed by atoms with Crippen LogP contribution in [0.15, 0.2) is 18.2 Å². The highest BCUT2D eigenvalue weighted by molar-refractivity contribution is 5.97. The Hall–Kier alpha value is -1.98. The molecule has 0 heterocycles. The summed E-state index contributed by atoms with van der Waals surface area (Å²) in [5.74, 6) is -4.13. The normalized spacial score (nSPS) is 13.7. The maximum Gasteiger partial charge on any atom is 0.255 e. The lowest BCUT2D eigenvalue weighted by molar-refractivity contribution is -0.120. The van der Waals surface area contributed by atoms with Crippen LogP contribution in [0.4, 0.5) is 8.78 Å². The minimum absolute atomic E-state index is 0.196. The van der Waals surface area contributed by atoms with Crippen molar-refractivity contribution < 1.29 is 18.4 Å². The van der Waals surface area contributed by atoms with Crippen LogP contribution in [0.25, 0.3) is 0 Å². The number of rotatable bonds is 5. The predicted molar refractivity (Wildman–Crippen MR) is 66.3 cm³/mol. The van der Waals surface area contributed by atoms with Crippen LogP contribution in [0.5, 0.6) is 0 Å². The maximum atomic E-state index is 13.4. The molecule has 1 aromatic carbocycles. The average molecular weight is 270 g/mol. The van der Waals surface area contributed by atoms with Crippen molar-refractivity contribution in [2.24, 2.45) is 11.7 Å². The largest absolute Gasteiger partial charge is 0.368 e. The number of benzene rings is 1. The number of nitrogens with one attached hydrogen (secondary N) is 1. The van der Waals surface area contributed by atoms with E-state index in [0.29, 0.717) is 6.42 Å². The summed E-state index contributed by atoms with van der Waals surface area (Å²) in [6.07, 6.45) is 0.611. The number of carbonyl (C=O) groups is 2. The number of hydrogen-bond donors (Lipinski definition) is 2. The van der Waals surface area contributed by atoms with E-state index in [4.69, 9.17) is 5.73 Å². The van der Waals surface area contributed by atoms with Crippen molar-refractivity contribution in [3.8, 4) is 0 Å². The molecule has 0 aliphatic rings. The van der Waals surface area contributed by atoms with E-state index in [9.17, 15) is 18.4 Å². The average Bonchev–Trinajstić information content (AvgIpc) is 2.37. The molecule has 0 radical (unpaired) electrons. The van der Waals surface area contributed by atoms with Crippen LogP contribution < -0.4 is 11.1 Å². The van der Waals surface area contributed by atoms with Gasteiger partial charge in [-0.3, -0.25) is 9.59 Å². The number of primary amides is 1. The predicted octanol–water partition coefficient (Wildman–Crippen LogP) is 1.59. The summed E-state index contributed by atoms with van der Waals surface area (Å²) in [7, 11) is 0. The summed E-state index contributed by atoms with van der Waals surface area (Å²) in [5.41, 5.74) is 4.74. The highest BCUT2D eigenvalue weighted by atomic mass is 19.2. The topological polar surface area (TPSA) is 72.2 Å². The monoisotopic (exact) mass is 270 g/mol. The lowest BCUT2D eigenvalue weighted by Gasteiger charge is -2.21. The number of halogens is 2. The van der Waals surface area contributed by atoms with E-state index in [2.05, 4.69) is 5.32 Å². The molecule has 19 heavy (non-hydrogen) atoms. The van der Waals surface area contributed by atoms with Gasteiger partial charge in [-0.05, 0) is 18.1 Å². The molecule has 104 valence electrons. The molecule has 0 fully saturated rings. The van der Waals surface area contributed by atoms with Crippen molar-refractivity contribution in [3.63, 3.8) is 0 Å². The Balaban J connectivity index is 2.94. The minimum atomic E-state index is -1.24. The highest BCUT2D eigenvalue weighted by Gasteiger charge is 2.25. The number of amides is 2. The molecule has 2 amide bonds. The van der Waals surface area contributed by atoms with Crippen LogP contribution >= 0.6 is 0 Å². The van der Waals surface area contributed by atoms with Crippen molar-refractivity contribution in [1.29, 1.82) is 0 Å². The van der Waals surface area contributed by atoms with Gasteiger partial charge in [-0.25, -0.2) is 8.78 Å². The van der Waals surface area contributed by atoms with E-state index in [-0.39, 0.29) is 5.92 Å². The Morgan fingerprint density at radius 2 is 2.00 bits per heavy atom. The first-order valence-electron chi connectivity index (χ1n) is 5.92. The van der Waals surface area contributed by atoms with Gasteiger partial charge in [0, 0.05) is 0 Å². The third-order valence-corrected chi connectivity index (χ3v) is 3.00. The molecule has 4 nitrogen and oxygen atoms in total. The fraction of sp³-hybridized carbons (Fsp3) is 0.385. The molecule has 0 bridgehead atoms. The van der Waals surface area contributed by atoms with Gasteiger partial charge >= 0.3 is 0 Å². The molecule has 0 spiro atoms. The zero-order chi connectivity index (χ0) is 14.6. The molecule has 0 aliphatic carbocycles. The molecule has 0 saturated heterocycles. The lowest BCUT2D eigenvalue weighted by atomic mass is 9.98. The second-order valence-corrected chi connectivity index (χ2v) is 4.34. The van der Waals surface area contributed by atoms with Crippen LogP contribution in [0.1, 0.15) is 30.6 Å². The van der Waals surface area contributed by atoms with E-state index in [1.54, 1.807) is 6.92 Å². The Morgan fingerprint density at radius 1 is 1.37 bits per heavy atom. The van der Waals surface area contributed by atoms with Crippen LogP contribution in [-0.2, 0) is 4.79 Å². The number of carbonyl (C=O) groups excluding carboxylic acids is 2. The molecule has 0 saturated carbocycles. The molecule has 3 N–H and O–H groups in total. The second kappa shape index (κ2) is 6.26. The van der Waals surface area contributed by atoms with Crippen LogP contribution in [-0.4, -0.2) is 17.9 Å². The first kappa shape index (κ1) is 15.1.